The summed E-state index contributed by atoms with van der Waals surface area (Å²) in [6, 6.07) is 17.5. The standard InChI is InChI=1S/C26H30N4O2S2/c27-19-3-6-25(30-14-21-2-1-8-34-21)22(12-19)23(15-31)26(32)11-18-10-20(4-5-24(18)28)29-13-17-7-9-33-16-17/h1-10,12,16,23,26,29-32H,11,13-15,27-28H2. The van der Waals surface area contributed by atoms with Gasteiger partial charge in [0.05, 0.1) is 12.7 Å². The Morgan fingerprint density at radius 2 is 1.82 bits per heavy atom. The van der Waals surface area contributed by atoms with Gasteiger partial charge in [-0.3, -0.25) is 0 Å². The molecule has 0 fully saturated rings. The maximum Gasteiger partial charge on any atom is 0.0672 e. The lowest BCUT2D eigenvalue weighted by Gasteiger charge is -2.25. The maximum absolute atomic E-state index is 11.2. The second-order valence-corrected chi connectivity index (χ2v) is 10.1. The molecule has 178 valence electrons. The number of hydrogen-bond acceptors (Lipinski definition) is 8. The van der Waals surface area contributed by atoms with Gasteiger partial charge in [-0.15, -0.1) is 11.3 Å². The van der Waals surface area contributed by atoms with E-state index in [1.54, 1.807) is 22.7 Å². The fraction of sp³-hybridized carbons (Fsp3) is 0.231. The summed E-state index contributed by atoms with van der Waals surface area (Å²) >= 11 is 3.34. The van der Waals surface area contributed by atoms with E-state index in [-0.39, 0.29) is 6.61 Å². The Balaban J connectivity index is 1.50. The van der Waals surface area contributed by atoms with Crippen molar-refractivity contribution < 1.29 is 10.2 Å². The number of benzene rings is 2. The van der Waals surface area contributed by atoms with Crippen LogP contribution in [0.25, 0.3) is 0 Å². The Morgan fingerprint density at radius 1 is 0.941 bits per heavy atom. The second-order valence-electron chi connectivity index (χ2n) is 8.24. The summed E-state index contributed by atoms with van der Waals surface area (Å²) in [6.07, 6.45) is -0.534. The van der Waals surface area contributed by atoms with Crippen LogP contribution in [0.3, 0.4) is 0 Å². The molecular formula is C26H30N4O2S2. The largest absolute Gasteiger partial charge is 0.399 e. The molecule has 0 saturated carbocycles. The van der Waals surface area contributed by atoms with Gasteiger partial charge in [0, 0.05) is 53.1 Å². The van der Waals surface area contributed by atoms with Crippen molar-refractivity contribution in [2.45, 2.75) is 31.5 Å². The molecule has 0 saturated heterocycles. The van der Waals surface area contributed by atoms with Crippen molar-refractivity contribution in [3.8, 4) is 0 Å². The van der Waals surface area contributed by atoms with E-state index in [9.17, 15) is 10.2 Å². The molecule has 8 N–H and O–H groups in total. The van der Waals surface area contributed by atoms with E-state index in [1.807, 2.05) is 47.8 Å². The molecule has 2 aromatic heterocycles. The number of nitrogens with one attached hydrogen (secondary N) is 2. The highest BCUT2D eigenvalue weighted by Crippen LogP contribution is 2.32. The van der Waals surface area contributed by atoms with Crippen LogP contribution >= 0.6 is 22.7 Å². The topological polar surface area (TPSA) is 117 Å². The van der Waals surface area contributed by atoms with Crippen molar-refractivity contribution >= 4 is 45.4 Å². The first-order valence-corrected chi connectivity index (χ1v) is 12.9. The van der Waals surface area contributed by atoms with Gasteiger partial charge in [0.2, 0.25) is 0 Å². The Bertz CT molecular complexity index is 1180. The first-order valence-electron chi connectivity index (χ1n) is 11.1. The Kier molecular flexibility index (Phi) is 8.08. The van der Waals surface area contributed by atoms with Crippen molar-refractivity contribution in [3.05, 3.63) is 92.3 Å². The number of nitrogens with two attached hydrogens (primary N) is 2. The minimum Gasteiger partial charge on any atom is -0.399 e. The molecule has 2 unspecified atom stereocenters. The zero-order chi connectivity index (χ0) is 23.9. The number of hydrogen-bond donors (Lipinski definition) is 6. The molecule has 0 aliphatic carbocycles. The van der Waals surface area contributed by atoms with Crippen molar-refractivity contribution in [1.29, 1.82) is 0 Å². The van der Waals surface area contributed by atoms with Crippen LogP contribution in [-0.4, -0.2) is 22.9 Å². The van der Waals surface area contributed by atoms with Crippen LogP contribution in [0, 0.1) is 0 Å². The molecule has 0 bridgehead atoms. The zero-order valence-corrected chi connectivity index (χ0v) is 20.4. The van der Waals surface area contributed by atoms with Gasteiger partial charge in [-0.25, -0.2) is 0 Å². The van der Waals surface area contributed by atoms with Crippen LogP contribution in [-0.2, 0) is 19.5 Å². The van der Waals surface area contributed by atoms with Gasteiger partial charge in [-0.05, 0) is 81.4 Å². The zero-order valence-electron chi connectivity index (χ0n) is 18.8. The molecule has 4 rings (SSSR count). The molecule has 0 aliphatic heterocycles. The molecule has 0 spiro atoms. The Labute approximate surface area is 207 Å². The quantitative estimate of drug-likeness (QED) is 0.166. The monoisotopic (exact) mass is 494 g/mol. The van der Waals surface area contributed by atoms with Crippen molar-refractivity contribution in [2.75, 3.05) is 28.7 Å². The van der Waals surface area contributed by atoms with E-state index in [4.69, 9.17) is 11.5 Å². The minimum atomic E-state index is -0.844. The maximum atomic E-state index is 11.2. The molecule has 2 aromatic carbocycles. The summed E-state index contributed by atoms with van der Waals surface area (Å²) in [5.41, 5.74) is 18.1. The van der Waals surface area contributed by atoms with Crippen LogP contribution in [0.1, 0.15) is 27.5 Å². The minimum absolute atomic E-state index is 0.214. The first-order chi connectivity index (χ1) is 16.5. The van der Waals surface area contributed by atoms with E-state index in [1.165, 1.54) is 10.4 Å². The average molecular weight is 495 g/mol. The number of rotatable bonds is 11. The van der Waals surface area contributed by atoms with Gasteiger partial charge in [0.15, 0.2) is 0 Å². The lowest BCUT2D eigenvalue weighted by molar-refractivity contribution is 0.107. The highest BCUT2D eigenvalue weighted by Gasteiger charge is 2.24. The molecule has 0 amide bonds. The SMILES string of the molecule is Nc1ccc(NCc2cccs2)c(C(CO)C(O)Cc2cc(NCc3ccsc3)ccc2N)c1. The number of thiophene rings is 2. The third-order valence-electron chi connectivity index (χ3n) is 5.82. The van der Waals surface area contributed by atoms with Crippen molar-refractivity contribution in [2.24, 2.45) is 0 Å². The molecule has 2 heterocycles. The summed E-state index contributed by atoms with van der Waals surface area (Å²) in [7, 11) is 0. The van der Waals surface area contributed by atoms with Gasteiger partial charge >= 0.3 is 0 Å². The molecular weight excluding hydrogens is 464 g/mol. The molecule has 8 heteroatoms. The van der Waals surface area contributed by atoms with Crippen molar-refractivity contribution in [3.63, 3.8) is 0 Å². The smallest absolute Gasteiger partial charge is 0.0672 e. The van der Waals surface area contributed by atoms with E-state index in [0.717, 1.165) is 29.0 Å². The van der Waals surface area contributed by atoms with Gasteiger partial charge in [0.1, 0.15) is 0 Å². The van der Waals surface area contributed by atoms with E-state index in [2.05, 4.69) is 33.5 Å². The average Bonchev–Trinajstić information content (AvgIpc) is 3.54. The predicted octanol–water partition coefficient (Wildman–Crippen LogP) is 4.88. The lowest BCUT2D eigenvalue weighted by atomic mass is 9.88. The van der Waals surface area contributed by atoms with Crippen LogP contribution < -0.4 is 22.1 Å². The van der Waals surface area contributed by atoms with Crippen LogP contribution in [0.4, 0.5) is 22.7 Å². The summed E-state index contributed by atoms with van der Waals surface area (Å²) < 4.78 is 0. The number of aliphatic hydroxyl groups is 2. The fourth-order valence-electron chi connectivity index (χ4n) is 3.93. The fourth-order valence-corrected chi connectivity index (χ4v) is 5.24. The lowest BCUT2D eigenvalue weighted by Crippen LogP contribution is -2.25. The predicted molar refractivity (Wildman–Crippen MR) is 145 cm³/mol. The molecule has 2 atom stereocenters. The third-order valence-corrected chi connectivity index (χ3v) is 7.43. The highest BCUT2D eigenvalue weighted by atomic mass is 32.1. The summed E-state index contributed by atoms with van der Waals surface area (Å²) in [4.78, 5) is 1.20. The van der Waals surface area contributed by atoms with Gasteiger partial charge in [-0.1, -0.05) is 6.07 Å². The van der Waals surface area contributed by atoms with Gasteiger partial charge < -0.3 is 32.3 Å². The summed E-state index contributed by atoms with van der Waals surface area (Å²) in [5, 5.41) is 34.4. The van der Waals surface area contributed by atoms with Crippen LogP contribution in [0.15, 0.2) is 70.7 Å². The number of anilines is 4. The van der Waals surface area contributed by atoms with Gasteiger partial charge in [-0.2, -0.15) is 11.3 Å². The Morgan fingerprint density at radius 3 is 2.56 bits per heavy atom. The van der Waals surface area contributed by atoms with E-state index < -0.39 is 12.0 Å². The summed E-state index contributed by atoms with van der Waals surface area (Å²) in [6.45, 7) is 1.17. The normalized spacial score (nSPS) is 12.9. The summed E-state index contributed by atoms with van der Waals surface area (Å²) in [5.74, 6) is -0.517. The van der Waals surface area contributed by atoms with E-state index >= 15 is 0 Å². The molecule has 0 aliphatic rings. The van der Waals surface area contributed by atoms with Crippen molar-refractivity contribution in [1.82, 2.24) is 0 Å². The number of nitrogen functional groups attached to an aromatic ring is 2. The number of aliphatic hydroxyl groups excluding tert-OH is 2. The van der Waals surface area contributed by atoms with E-state index in [0.29, 0.717) is 24.3 Å². The van der Waals surface area contributed by atoms with Crippen LogP contribution in [0.5, 0.6) is 0 Å². The molecule has 0 radical (unpaired) electrons. The first kappa shape index (κ1) is 24.1. The van der Waals surface area contributed by atoms with Crippen LogP contribution in [0.2, 0.25) is 0 Å². The molecule has 6 nitrogen and oxygen atoms in total. The Hall–Kier alpha value is -3.04. The third kappa shape index (κ3) is 6.09. The highest BCUT2D eigenvalue weighted by molar-refractivity contribution is 7.09. The molecule has 34 heavy (non-hydrogen) atoms. The van der Waals surface area contributed by atoms with Gasteiger partial charge in [0.25, 0.3) is 0 Å². The second kappa shape index (κ2) is 11.4. The molecule has 4 aromatic rings.